The molecule has 2 rings (SSSR count). The Bertz CT molecular complexity index is 477. The van der Waals surface area contributed by atoms with E-state index >= 15 is 0 Å². The fourth-order valence-electron chi connectivity index (χ4n) is 3.40. The molecule has 1 aliphatic carbocycles. The third-order valence-electron chi connectivity index (χ3n) is 4.56. The molecule has 2 N–H and O–H groups in total. The predicted molar refractivity (Wildman–Crippen MR) is 92.2 cm³/mol. The summed E-state index contributed by atoms with van der Waals surface area (Å²) in [5, 5.41) is 20.0. The number of benzene rings is 1. The van der Waals surface area contributed by atoms with Crippen molar-refractivity contribution in [3.05, 3.63) is 35.6 Å². The van der Waals surface area contributed by atoms with Gasteiger partial charge in [-0.05, 0) is 25.8 Å². The molecule has 0 aromatic heterocycles. The minimum absolute atomic E-state index is 0.156. The van der Waals surface area contributed by atoms with Crippen LogP contribution in [0.2, 0.25) is 0 Å². The molecule has 2 unspecified atom stereocenters. The second-order valence-corrected chi connectivity index (χ2v) is 6.86. The third-order valence-corrected chi connectivity index (χ3v) is 4.56. The van der Waals surface area contributed by atoms with Crippen LogP contribution >= 0.6 is 0 Å². The van der Waals surface area contributed by atoms with Crippen molar-refractivity contribution in [2.75, 3.05) is 19.7 Å². The Morgan fingerprint density at radius 3 is 2.54 bits per heavy atom. The van der Waals surface area contributed by atoms with Gasteiger partial charge in [0.25, 0.3) is 0 Å². The zero-order chi connectivity index (χ0) is 17.4. The Morgan fingerprint density at radius 1 is 1.17 bits per heavy atom. The molecule has 0 aliphatic heterocycles. The van der Waals surface area contributed by atoms with Crippen molar-refractivity contribution in [1.29, 1.82) is 0 Å². The molecule has 0 saturated heterocycles. The SMILES string of the molecule is CC(O)CN(CC(O)COCc1ccccc1F)C1CCCCC1. The topological polar surface area (TPSA) is 52.9 Å². The summed E-state index contributed by atoms with van der Waals surface area (Å²) in [5.41, 5.74) is 0.498. The van der Waals surface area contributed by atoms with E-state index in [0.29, 0.717) is 24.7 Å². The molecule has 1 aromatic rings. The van der Waals surface area contributed by atoms with E-state index in [9.17, 15) is 14.6 Å². The number of hydrogen-bond acceptors (Lipinski definition) is 4. The summed E-state index contributed by atoms with van der Waals surface area (Å²) in [4.78, 5) is 2.18. The first-order chi connectivity index (χ1) is 11.6. The van der Waals surface area contributed by atoms with Crippen LogP contribution in [-0.2, 0) is 11.3 Å². The highest BCUT2D eigenvalue weighted by atomic mass is 19.1. The number of aliphatic hydroxyl groups is 2. The highest BCUT2D eigenvalue weighted by Crippen LogP contribution is 2.23. The van der Waals surface area contributed by atoms with Crippen LogP contribution in [0.3, 0.4) is 0 Å². The lowest BCUT2D eigenvalue weighted by atomic mass is 9.93. The molecule has 5 heteroatoms. The molecule has 4 nitrogen and oxygen atoms in total. The standard InChI is InChI=1S/C19H30FNO3/c1-15(22)11-21(17-8-3-2-4-9-17)12-18(23)14-24-13-16-7-5-6-10-19(16)20/h5-7,10,15,17-18,22-23H,2-4,8-9,11-14H2,1H3. The lowest BCUT2D eigenvalue weighted by Gasteiger charge is -2.36. The van der Waals surface area contributed by atoms with Gasteiger partial charge in [-0.2, -0.15) is 0 Å². The highest BCUT2D eigenvalue weighted by molar-refractivity contribution is 5.16. The van der Waals surface area contributed by atoms with Gasteiger partial charge in [0.15, 0.2) is 0 Å². The fourth-order valence-corrected chi connectivity index (χ4v) is 3.40. The zero-order valence-corrected chi connectivity index (χ0v) is 14.5. The molecule has 1 aromatic carbocycles. The summed E-state index contributed by atoms with van der Waals surface area (Å²) < 4.78 is 19.0. The highest BCUT2D eigenvalue weighted by Gasteiger charge is 2.24. The van der Waals surface area contributed by atoms with Gasteiger partial charge in [0.05, 0.1) is 25.4 Å². The molecule has 24 heavy (non-hydrogen) atoms. The number of nitrogens with zero attached hydrogens (tertiary/aromatic N) is 1. The molecular formula is C19H30FNO3. The van der Waals surface area contributed by atoms with Crippen LogP contribution in [0, 0.1) is 5.82 Å². The second kappa shape index (κ2) is 10.1. The van der Waals surface area contributed by atoms with Crippen molar-refractivity contribution >= 4 is 0 Å². The van der Waals surface area contributed by atoms with E-state index in [2.05, 4.69) is 4.90 Å². The predicted octanol–water partition coefficient (Wildman–Crippen LogP) is 2.72. The van der Waals surface area contributed by atoms with Crippen LogP contribution in [0.4, 0.5) is 4.39 Å². The Kier molecular flexibility index (Phi) is 8.12. The van der Waals surface area contributed by atoms with Gasteiger partial charge in [0.2, 0.25) is 0 Å². The average molecular weight is 339 g/mol. The van der Waals surface area contributed by atoms with Crippen molar-refractivity contribution in [3.8, 4) is 0 Å². The maximum Gasteiger partial charge on any atom is 0.128 e. The molecule has 136 valence electrons. The Morgan fingerprint density at radius 2 is 1.88 bits per heavy atom. The summed E-state index contributed by atoms with van der Waals surface area (Å²) in [6, 6.07) is 6.93. The summed E-state index contributed by atoms with van der Waals surface area (Å²) in [5.74, 6) is -0.287. The molecular weight excluding hydrogens is 309 g/mol. The molecule has 1 saturated carbocycles. The van der Waals surface area contributed by atoms with E-state index in [1.165, 1.54) is 25.3 Å². The van der Waals surface area contributed by atoms with Gasteiger partial charge in [0.1, 0.15) is 5.82 Å². The van der Waals surface area contributed by atoms with Crippen LogP contribution < -0.4 is 0 Å². The van der Waals surface area contributed by atoms with E-state index < -0.39 is 12.2 Å². The van der Waals surface area contributed by atoms with Crippen LogP contribution in [0.1, 0.15) is 44.6 Å². The molecule has 1 fully saturated rings. The molecule has 2 atom stereocenters. The number of hydrogen-bond donors (Lipinski definition) is 2. The molecule has 0 heterocycles. The molecule has 0 bridgehead atoms. The van der Waals surface area contributed by atoms with Gasteiger partial charge in [-0.1, -0.05) is 37.5 Å². The lowest BCUT2D eigenvalue weighted by molar-refractivity contribution is -0.0113. The number of ether oxygens (including phenoxy) is 1. The second-order valence-electron chi connectivity index (χ2n) is 6.86. The molecule has 0 radical (unpaired) electrons. The third kappa shape index (κ3) is 6.48. The summed E-state index contributed by atoms with van der Waals surface area (Å²) in [7, 11) is 0. The van der Waals surface area contributed by atoms with Crippen molar-refractivity contribution < 1.29 is 19.3 Å². The van der Waals surface area contributed by atoms with Gasteiger partial charge in [0, 0.05) is 24.7 Å². The zero-order valence-electron chi connectivity index (χ0n) is 14.5. The van der Waals surface area contributed by atoms with Gasteiger partial charge in [-0.25, -0.2) is 4.39 Å². The maximum atomic E-state index is 13.5. The van der Waals surface area contributed by atoms with Crippen LogP contribution in [0.25, 0.3) is 0 Å². The van der Waals surface area contributed by atoms with Crippen LogP contribution in [0.15, 0.2) is 24.3 Å². The Labute approximate surface area is 144 Å². The van der Waals surface area contributed by atoms with Crippen molar-refractivity contribution in [1.82, 2.24) is 4.90 Å². The Hall–Kier alpha value is -1.01. The first-order valence-corrected chi connectivity index (χ1v) is 8.97. The molecule has 1 aliphatic rings. The van der Waals surface area contributed by atoms with Crippen molar-refractivity contribution in [2.45, 2.75) is 63.9 Å². The number of aliphatic hydroxyl groups excluding tert-OH is 2. The largest absolute Gasteiger partial charge is 0.392 e. The quantitative estimate of drug-likeness (QED) is 0.726. The van der Waals surface area contributed by atoms with Crippen LogP contribution in [-0.4, -0.2) is 53.1 Å². The molecule has 0 spiro atoms. The van der Waals surface area contributed by atoms with E-state index in [-0.39, 0.29) is 19.0 Å². The first-order valence-electron chi connectivity index (χ1n) is 8.97. The minimum atomic E-state index is -0.641. The average Bonchev–Trinajstić information content (AvgIpc) is 2.56. The van der Waals surface area contributed by atoms with Gasteiger partial charge >= 0.3 is 0 Å². The number of rotatable bonds is 9. The number of halogens is 1. The van der Waals surface area contributed by atoms with E-state index in [0.717, 1.165) is 12.8 Å². The van der Waals surface area contributed by atoms with Gasteiger partial charge in [-0.15, -0.1) is 0 Å². The maximum absolute atomic E-state index is 13.5. The van der Waals surface area contributed by atoms with Crippen molar-refractivity contribution in [2.24, 2.45) is 0 Å². The fraction of sp³-hybridized carbons (Fsp3) is 0.684. The summed E-state index contributed by atoms with van der Waals surface area (Å²) >= 11 is 0. The first kappa shape index (κ1) is 19.3. The smallest absolute Gasteiger partial charge is 0.128 e. The Balaban J connectivity index is 1.78. The normalized spacial score (nSPS) is 18.7. The summed E-state index contributed by atoms with van der Waals surface area (Å²) in [6.45, 7) is 3.14. The molecule has 0 amide bonds. The van der Waals surface area contributed by atoms with E-state index in [4.69, 9.17) is 4.74 Å². The van der Waals surface area contributed by atoms with Gasteiger partial charge < -0.3 is 14.9 Å². The van der Waals surface area contributed by atoms with Crippen LogP contribution in [0.5, 0.6) is 0 Å². The van der Waals surface area contributed by atoms with E-state index in [1.54, 1.807) is 25.1 Å². The van der Waals surface area contributed by atoms with Crippen molar-refractivity contribution in [3.63, 3.8) is 0 Å². The lowest BCUT2D eigenvalue weighted by Crippen LogP contribution is -2.45. The van der Waals surface area contributed by atoms with E-state index in [1.807, 2.05) is 0 Å². The monoisotopic (exact) mass is 339 g/mol. The minimum Gasteiger partial charge on any atom is -0.392 e. The van der Waals surface area contributed by atoms with Gasteiger partial charge in [-0.3, -0.25) is 4.90 Å². The summed E-state index contributed by atoms with van der Waals surface area (Å²) in [6.07, 6.45) is 4.87.